The minimum absolute atomic E-state index is 0.158. The second-order valence-corrected chi connectivity index (χ2v) is 8.60. The van der Waals surface area contributed by atoms with Gasteiger partial charge in [0, 0.05) is 11.9 Å². The van der Waals surface area contributed by atoms with Crippen LogP contribution < -0.4 is 20.8 Å². The van der Waals surface area contributed by atoms with Crippen molar-refractivity contribution >= 4 is 23.6 Å². The average Bonchev–Trinajstić information content (AvgIpc) is 3.23. The number of nitrogen functional groups attached to an aromatic ring is 1. The maximum Gasteiger partial charge on any atom is 0.335 e. The number of H-pyrrole nitrogens is 1. The molecular weight excluding hydrogens is 496 g/mol. The summed E-state index contributed by atoms with van der Waals surface area (Å²) in [5.41, 5.74) is 8.51. The lowest BCUT2D eigenvalue weighted by Crippen LogP contribution is -2.17. The van der Waals surface area contributed by atoms with Crippen molar-refractivity contribution < 1.29 is 19.4 Å². The number of para-hydroxylation sites is 4. The van der Waals surface area contributed by atoms with Crippen molar-refractivity contribution in [2.45, 2.75) is 33.6 Å². The van der Waals surface area contributed by atoms with E-state index in [4.69, 9.17) is 20.3 Å². The molecule has 0 amide bonds. The highest BCUT2D eigenvalue weighted by Gasteiger charge is 2.12. The van der Waals surface area contributed by atoms with E-state index in [1.807, 2.05) is 55.5 Å². The fourth-order valence-electron chi connectivity index (χ4n) is 3.50. The van der Waals surface area contributed by atoms with Crippen LogP contribution in [0.4, 0.5) is 11.4 Å². The number of carboxylic acid groups (broad SMARTS) is 1. The van der Waals surface area contributed by atoms with Gasteiger partial charge in [-0.05, 0) is 68.3 Å². The van der Waals surface area contributed by atoms with Gasteiger partial charge in [-0.2, -0.15) is 0 Å². The van der Waals surface area contributed by atoms with Crippen molar-refractivity contribution in [1.82, 2.24) is 9.78 Å². The highest BCUT2D eigenvalue weighted by Crippen LogP contribution is 2.27. The van der Waals surface area contributed by atoms with Crippen LogP contribution in [0.15, 0.2) is 82.6 Å². The molecule has 0 saturated carbocycles. The van der Waals surface area contributed by atoms with Gasteiger partial charge in [0.15, 0.2) is 0 Å². The average molecular weight is 531 g/mol. The number of anilines is 1. The third kappa shape index (κ3) is 7.85. The highest BCUT2D eigenvalue weighted by molar-refractivity contribution is 5.87. The van der Waals surface area contributed by atoms with E-state index < -0.39 is 5.97 Å². The first-order valence-electron chi connectivity index (χ1n) is 12.7. The highest BCUT2D eigenvalue weighted by atomic mass is 16.5. The molecule has 0 aliphatic carbocycles. The van der Waals surface area contributed by atoms with Crippen LogP contribution in [0.3, 0.4) is 0 Å². The number of carboxylic acids is 1. The van der Waals surface area contributed by atoms with Crippen LogP contribution in [-0.4, -0.2) is 40.3 Å². The van der Waals surface area contributed by atoms with E-state index in [1.165, 1.54) is 23.0 Å². The molecule has 0 unspecified atom stereocenters. The second-order valence-electron chi connectivity index (χ2n) is 8.60. The van der Waals surface area contributed by atoms with Gasteiger partial charge in [-0.3, -0.25) is 14.9 Å². The van der Waals surface area contributed by atoms with Crippen molar-refractivity contribution in [3.05, 3.63) is 100.0 Å². The molecule has 0 atom stereocenters. The molecule has 39 heavy (non-hydrogen) atoms. The second kappa shape index (κ2) is 14.2. The summed E-state index contributed by atoms with van der Waals surface area (Å²) in [7, 11) is 0. The first-order chi connectivity index (χ1) is 18.8. The van der Waals surface area contributed by atoms with Gasteiger partial charge in [0.1, 0.15) is 17.2 Å². The summed E-state index contributed by atoms with van der Waals surface area (Å²) in [6, 6.07) is 21.0. The molecule has 0 saturated heterocycles. The number of hydrogen-bond donors (Lipinski definition) is 3. The molecule has 4 N–H and O–H groups in total. The van der Waals surface area contributed by atoms with E-state index in [0.717, 1.165) is 25.2 Å². The minimum atomic E-state index is -1.02. The van der Waals surface area contributed by atoms with E-state index in [9.17, 15) is 9.59 Å². The van der Waals surface area contributed by atoms with Crippen LogP contribution in [0.5, 0.6) is 11.5 Å². The van der Waals surface area contributed by atoms with Crippen LogP contribution in [0.2, 0.25) is 0 Å². The predicted molar refractivity (Wildman–Crippen MR) is 154 cm³/mol. The fraction of sp³-hybridized carbons (Fsp3) is 0.233. The lowest BCUT2D eigenvalue weighted by Gasteiger charge is -2.06. The van der Waals surface area contributed by atoms with Gasteiger partial charge in [-0.1, -0.05) is 38.1 Å². The normalized spacial score (nSPS) is 10.6. The molecule has 0 radical (unpaired) electrons. The lowest BCUT2D eigenvalue weighted by atomic mass is 10.2. The number of carbonyl (C=O) groups is 1. The summed E-state index contributed by atoms with van der Waals surface area (Å²) in [6.07, 6.45) is 3.42. The molecular formula is C30H34N4O5. The van der Waals surface area contributed by atoms with Crippen molar-refractivity contribution in [1.29, 1.82) is 0 Å². The van der Waals surface area contributed by atoms with E-state index in [2.05, 4.69) is 17.0 Å². The van der Waals surface area contributed by atoms with Crippen molar-refractivity contribution in [3.63, 3.8) is 0 Å². The maximum atomic E-state index is 12.8. The number of rotatable bonds is 10. The summed E-state index contributed by atoms with van der Waals surface area (Å²) in [5, 5.41) is 12.0. The zero-order valence-electron chi connectivity index (χ0n) is 22.4. The summed E-state index contributed by atoms with van der Waals surface area (Å²) in [4.78, 5) is 28.2. The van der Waals surface area contributed by atoms with Crippen LogP contribution >= 0.6 is 0 Å². The van der Waals surface area contributed by atoms with Crippen molar-refractivity contribution in [3.8, 4) is 17.2 Å². The van der Waals surface area contributed by atoms with Gasteiger partial charge in [0.05, 0.1) is 35.7 Å². The Morgan fingerprint density at radius 2 is 1.54 bits per heavy atom. The number of nitrogens with two attached hydrogens (primary N) is 1. The van der Waals surface area contributed by atoms with Crippen molar-refractivity contribution in [2.24, 2.45) is 4.99 Å². The summed E-state index contributed by atoms with van der Waals surface area (Å²) in [6.45, 7) is 7.20. The van der Waals surface area contributed by atoms with Crippen LogP contribution in [-0.2, 0) is 0 Å². The monoisotopic (exact) mass is 530 g/mol. The summed E-state index contributed by atoms with van der Waals surface area (Å²) >= 11 is 0. The Morgan fingerprint density at radius 3 is 2.15 bits per heavy atom. The lowest BCUT2D eigenvalue weighted by molar-refractivity contribution is 0.0697. The topological polar surface area (TPSA) is 132 Å². The Labute approximate surface area is 227 Å². The first-order valence-corrected chi connectivity index (χ1v) is 12.7. The third-order valence-corrected chi connectivity index (χ3v) is 5.53. The van der Waals surface area contributed by atoms with Gasteiger partial charge >= 0.3 is 5.97 Å². The third-order valence-electron chi connectivity index (χ3n) is 5.53. The number of benzene rings is 3. The quantitative estimate of drug-likeness (QED) is 0.176. The van der Waals surface area contributed by atoms with Crippen LogP contribution in [0.25, 0.3) is 5.69 Å². The predicted octanol–water partition coefficient (Wildman–Crippen LogP) is 5.77. The number of ether oxygens (including phenoxy) is 2. The number of nitrogens with one attached hydrogen (secondary N) is 1. The first kappa shape index (κ1) is 28.8. The molecule has 1 heterocycles. The molecule has 1 aromatic heterocycles. The largest absolute Gasteiger partial charge is 0.491 e. The number of hydrogen-bond acceptors (Lipinski definition) is 6. The molecule has 204 valence electrons. The summed E-state index contributed by atoms with van der Waals surface area (Å²) < 4.78 is 12.4. The van der Waals surface area contributed by atoms with E-state index >= 15 is 0 Å². The zero-order valence-corrected chi connectivity index (χ0v) is 22.4. The van der Waals surface area contributed by atoms with Crippen molar-refractivity contribution in [2.75, 3.05) is 18.9 Å². The minimum Gasteiger partial charge on any atom is -0.491 e. The van der Waals surface area contributed by atoms with E-state index in [-0.39, 0.29) is 11.1 Å². The molecule has 9 heteroatoms. The Morgan fingerprint density at radius 1 is 0.949 bits per heavy atom. The number of aromatic carboxylic acids is 1. The van der Waals surface area contributed by atoms with Gasteiger partial charge in [0.25, 0.3) is 5.56 Å². The Balaban J connectivity index is 0.000000320. The number of nitrogens with zero attached hydrogens (tertiary/aromatic N) is 2. The molecule has 4 aromatic rings. The van der Waals surface area contributed by atoms with Gasteiger partial charge < -0.3 is 20.3 Å². The van der Waals surface area contributed by atoms with Gasteiger partial charge in [-0.25, -0.2) is 9.48 Å². The van der Waals surface area contributed by atoms with Gasteiger partial charge in [-0.15, -0.1) is 0 Å². The smallest absolute Gasteiger partial charge is 0.335 e. The fourth-order valence-corrected chi connectivity index (χ4v) is 3.50. The maximum absolute atomic E-state index is 12.8. The Hall–Kier alpha value is -4.79. The molecule has 0 spiro atoms. The number of aromatic amines is 1. The molecule has 4 rings (SSSR count). The van der Waals surface area contributed by atoms with Crippen LogP contribution in [0.1, 0.15) is 48.3 Å². The summed E-state index contributed by atoms with van der Waals surface area (Å²) in [5.74, 6) is 0.436. The molecule has 0 aliphatic rings. The van der Waals surface area contributed by atoms with E-state index in [0.29, 0.717) is 40.7 Å². The van der Waals surface area contributed by atoms with Gasteiger partial charge in [0.2, 0.25) is 0 Å². The molecule has 0 fully saturated rings. The Kier molecular flexibility index (Phi) is 10.5. The van der Waals surface area contributed by atoms with Crippen LogP contribution in [0, 0.1) is 6.92 Å². The number of aliphatic imine (C=N–C) groups is 1. The molecule has 0 bridgehead atoms. The van der Waals surface area contributed by atoms with E-state index in [1.54, 1.807) is 19.1 Å². The Bertz CT molecular complexity index is 1450. The number of aromatic nitrogens is 2. The molecule has 3 aromatic carbocycles. The molecule has 0 aliphatic heterocycles. The standard InChI is InChI=1S/C21H21N3O4.C9H13NO/c1-3-12-28-19-7-5-4-6-18(19)22-13-17-14(2)23-24(20(17)25)16-10-8-15(9-11-16)21(26)27;1-2-7-11-9-6-4-3-5-8(9)10/h4-11,13,23H,3,12H2,1-2H3,(H,26,27);3-6H,2,7,10H2,1H3. The SMILES string of the molecule is CCCOc1ccccc1N.CCCOc1ccccc1N=Cc1c(C)[nH]n(-c2ccc(C(=O)O)cc2)c1=O. The zero-order chi connectivity index (χ0) is 28.2. The molecule has 9 nitrogen and oxygen atoms in total. The number of aryl methyl sites for hydroxylation is 1.